The first kappa shape index (κ1) is 16.2. The second-order valence-electron chi connectivity index (χ2n) is 4.47. The molecule has 116 valence electrons. The van der Waals surface area contributed by atoms with Crippen LogP contribution in [0, 0.1) is 21.4 Å². The first-order valence-electron chi connectivity index (χ1n) is 6.25. The molecule has 0 saturated heterocycles. The topological polar surface area (TPSA) is 118 Å². The molecule has 0 atom stereocenters. The van der Waals surface area contributed by atoms with Gasteiger partial charge in [-0.05, 0) is 24.3 Å². The van der Waals surface area contributed by atoms with E-state index < -0.39 is 34.2 Å². The van der Waals surface area contributed by atoms with E-state index in [9.17, 15) is 19.7 Å². The maximum absolute atomic E-state index is 11.9. The van der Waals surface area contributed by atoms with Gasteiger partial charge in [0.05, 0.1) is 11.1 Å². The zero-order chi connectivity index (χ0) is 17.0. The Hall–Kier alpha value is -3.18. The molecule has 1 heterocycles. The quantitative estimate of drug-likeness (QED) is 0.677. The third-order valence-corrected chi connectivity index (χ3v) is 3.10. The molecule has 1 aromatic carbocycles. The Labute approximate surface area is 134 Å². The summed E-state index contributed by atoms with van der Waals surface area (Å²) in [6, 6.07) is 8.73. The van der Waals surface area contributed by atoms with Crippen LogP contribution < -0.4 is 10.9 Å². The van der Waals surface area contributed by atoms with Crippen LogP contribution in [0.4, 0.5) is 11.4 Å². The van der Waals surface area contributed by atoms with Crippen LogP contribution in [0.5, 0.6) is 0 Å². The maximum Gasteiger partial charge on any atom is 0.287 e. The molecule has 9 heteroatoms. The number of pyridine rings is 1. The molecule has 2 aromatic rings. The van der Waals surface area contributed by atoms with Crippen molar-refractivity contribution in [3.63, 3.8) is 0 Å². The van der Waals surface area contributed by atoms with E-state index in [1.165, 1.54) is 0 Å². The molecule has 2 rings (SSSR count). The predicted molar refractivity (Wildman–Crippen MR) is 82.2 cm³/mol. The predicted octanol–water partition coefficient (Wildman–Crippen LogP) is 1.92. The van der Waals surface area contributed by atoms with Crippen molar-refractivity contribution in [2.75, 3.05) is 5.32 Å². The summed E-state index contributed by atoms with van der Waals surface area (Å²) in [6.45, 7) is -0.460. The van der Waals surface area contributed by atoms with Crippen LogP contribution in [0.25, 0.3) is 0 Å². The van der Waals surface area contributed by atoms with Gasteiger partial charge in [0, 0.05) is 16.8 Å². The first-order chi connectivity index (χ1) is 10.9. The second-order valence-corrected chi connectivity index (χ2v) is 4.91. The van der Waals surface area contributed by atoms with E-state index >= 15 is 0 Å². The smallest absolute Gasteiger partial charge is 0.287 e. The van der Waals surface area contributed by atoms with E-state index in [1.54, 1.807) is 30.3 Å². The standard InChI is InChI=1S/C14H9ClN4O4/c15-10-1-3-11(4-2-10)17-13(20)8-18-7-12(19(22)23)5-9(6-16)14(18)21/h1-5,7H,8H2,(H,17,20). The highest BCUT2D eigenvalue weighted by Crippen LogP contribution is 2.14. The van der Waals surface area contributed by atoms with Crippen molar-refractivity contribution >= 4 is 28.9 Å². The highest BCUT2D eigenvalue weighted by molar-refractivity contribution is 6.30. The molecule has 0 aliphatic carbocycles. The summed E-state index contributed by atoms with van der Waals surface area (Å²) in [7, 11) is 0. The van der Waals surface area contributed by atoms with Gasteiger partial charge in [-0.2, -0.15) is 5.26 Å². The van der Waals surface area contributed by atoms with Gasteiger partial charge in [-0.3, -0.25) is 24.3 Å². The third-order valence-electron chi connectivity index (χ3n) is 2.84. The van der Waals surface area contributed by atoms with E-state index in [0.717, 1.165) is 16.8 Å². The van der Waals surface area contributed by atoms with Crippen LogP contribution in [0.15, 0.2) is 41.3 Å². The minimum atomic E-state index is -0.774. The third kappa shape index (κ3) is 3.93. The number of nitrogens with zero attached hydrogens (tertiary/aromatic N) is 3. The Balaban J connectivity index is 2.25. The number of nitriles is 1. The Morgan fingerprint density at radius 2 is 2.04 bits per heavy atom. The molecule has 0 spiro atoms. The highest BCUT2D eigenvalue weighted by atomic mass is 35.5. The average molecular weight is 333 g/mol. The number of amides is 1. The summed E-state index contributed by atoms with van der Waals surface area (Å²) in [6.07, 6.45) is 0.921. The van der Waals surface area contributed by atoms with Gasteiger partial charge in [-0.1, -0.05) is 11.6 Å². The molecule has 0 fully saturated rings. The summed E-state index contributed by atoms with van der Waals surface area (Å²) in [4.78, 5) is 33.9. The lowest BCUT2D eigenvalue weighted by atomic mass is 10.2. The number of nitro groups is 1. The zero-order valence-electron chi connectivity index (χ0n) is 11.5. The number of hydrogen-bond acceptors (Lipinski definition) is 5. The largest absolute Gasteiger partial charge is 0.325 e. The fourth-order valence-corrected chi connectivity index (χ4v) is 1.93. The molecule has 0 bridgehead atoms. The molecule has 8 nitrogen and oxygen atoms in total. The number of nitrogens with one attached hydrogen (secondary N) is 1. The molecule has 23 heavy (non-hydrogen) atoms. The number of rotatable bonds is 4. The average Bonchev–Trinajstić information content (AvgIpc) is 2.51. The van der Waals surface area contributed by atoms with Gasteiger partial charge in [0.25, 0.3) is 11.2 Å². The number of anilines is 1. The molecule has 1 N–H and O–H groups in total. The van der Waals surface area contributed by atoms with Gasteiger partial charge in [0.2, 0.25) is 5.91 Å². The lowest BCUT2D eigenvalue weighted by Crippen LogP contribution is -2.29. The number of benzene rings is 1. The van der Waals surface area contributed by atoms with Crippen molar-refractivity contribution in [3.05, 3.63) is 67.6 Å². The van der Waals surface area contributed by atoms with E-state index in [1.807, 2.05) is 0 Å². The van der Waals surface area contributed by atoms with Crippen molar-refractivity contribution in [1.82, 2.24) is 4.57 Å². The Morgan fingerprint density at radius 1 is 1.39 bits per heavy atom. The minimum absolute atomic E-state index is 0.404. The maximum atomic E-state index is 11.9. The summed E-state index contributed by atoms with van der Waals surface area (Å²) >= 11 is 5.73. The van der Waals surface area contributed by atoms with Crippen molar-refractivity contribution in [1.29, 1.82) is 5.26 Å². The van der Waals surface area contributed by atoms with Crippen LogP contribution >= 0.6 is 11.6 Å². The normalized spacial score (nSPS) is 9.91. The molecule has 0 saturated carbocycles. The Bertz CT molecular complexity index is 868. The Kier molecular flexibility index (Phi) is 4.73. The van der Waals surface area contributed by atoms with Crippen molar-refractivity contribution < 1.29 is 9.72 Å². The van der Waals surface area contributed by atoms with Crippen LogP contribution in [0.1, 0.15) is 5.56 Å². The van der Waals surface area contributed by atoms with E-state index in [-0.39, 0.29) is 0 Å². The molecular formula is C14H9ClN4O4. The van der Waals surface area contributed by atoms with Crippen LogP contribution in [-0.4, -0.2) is 15.4 Å². The molecule has 0 aliphatic heterocycles. The molecule has 0 unspecified atom stereocenters. The molecule has 0 radical (unpaired) electrons. The van der Waals surface area contributed by atoms with Crippen molar-refractivity contribution in [3.8, 4) is 6.07 Å². The lowest BCUT2D eigenvalue weighted by molar-refractivity contribution is -0.385. The minimum Gasteiger partial charge on any atom is -0.325 e. The van der Waals surface area contributed by atoms with E-state index in [0.29, 0.717) is 10.7 Å². The molecule has 1 aromatic heterocycles. The summed E-state index contributed by atoms with van der Waals surface area (Å²) in [5.74, 6) is -0.571. The number of carbonyl (C=O) groups is 1. The van der Waals surface area contributed by atoms with Crippen LogP contribution in [-0.2, 0) is 11.3 Å². The van der Waals surface area contributed by atoms with E-state index in [2.05, 4.69) is 5.32 Å². The lowest BCUT2D eigenvalue weighted by Gasteiger charge is -2.08. The van der Waals surface area contributed by atoms with Gasteiger partial charge >= 0.3 is 0 Å². The van der Waals surface area contributed by atoms with Gasteiger partial charge < -0.3 is 5.32 Å². The van der Waals surface area contributed by atoms with Gasteiger partial charge in [-0.25, -0.2) is 0 Å². The summed E-state index contributed by atoms with van der Waals surface area (Å²) < 4.78 is 0.821. The number of carbonyl (C=O) groups excluding carboxylic acids is 1. The van der Waals surface area contributed by atoms with Gasteiger partial charge in [-0.15, -0.1) is 0 Å². The number of halogens is 1. The van der Waals surface area contributed by atoms with Crippen LogP contribution in [0.3, 0.4) is 0 Å². The monoisotopic (exact) mass is 332 g/mol. The number of hydrogen-bond donors (Lipinski definition) is 1. The van der Waals surface area contributed by atoms with Gasteiger partial charge in [0.15, 0.2) is 0 Å². The Morgan fingerprint density at radius 3 is 2.61 bits per heavy atom. The summed E-state index contributed by atoms with van der Waals surface area (Å²) in [5, 5.41) is 22.7. The highest BCUT2D eigenvalue weighted by Gasteiger charge is 2.15. The van der Waals surface area contributed by atoms with Crippen molar-refractivity contribution in [2.45, 2.75) is 6.54 Å². The number of aromatic nitrogens is 1. The molecule has 0 aliphatic rings. The zero-order valence-corrected chi connectivity index (χ0v) is 12.3. The van der Waals surface area contributed by atoms with Gasteiger partial charge in [0.1, 0.15) is 18.2 Å². The van der Waals surface area contributed by atoms with Crippen molar-refractivity contribution in [2.24, 2.45) is 0 Å². The SMILES string of the molecule is N#Cc1cc([N+](=O)[O-])cn(CC(=O)Nc2ccc(Cl)cc2)c1=O. The molecular weight excluding hydrogens is 324 g/mol. The fourth-order valence-electron chi connectivity index (χ4n) is 1.81. The fraction of sp³-hybridized carbons (Fsp3) is 0.0714. The second kappa shape index (κ2) is 6.72. The first-order valence-corrected chi connectivity index (χ1v) is 6.63. The molecule has 1 amide bonds. The van der Waals surface area contributed by atoms with Crippen LogP contribution in [0.2, 0.25) is 5.02 Å². The van der Waals surface area contributed by atoms with E-state index in [4.69, 9.17) is 16.9 Å². The summed E-state index contributed by atoms with van der Waals surface area (Å²) in [5.41, 5.74) is -1.17.